The van der Waals surface area contributed by atoms with Crippen LogP contribution in [0.1, 0.15) is 0 Å². The lowest BCUT2D eigenvalue weighted by atomic mass is 10.3. The second-order valence-corrected chi connectivity index (χ2v) is 7.57. The first kappa shape index (κ1) is 10.9. The SMILES string of the molecule is CN1CCN(C)[P+]1(C)Nc1ccccc1. The van der Waals surface area contributed by atoms with Crippen molar-refractivity contribution in [3.63, 3.8) is 0 Å². The molecule has 1 fully saturated rings. The van der Waals surface area contributed by atoms with Gasteiger partial charge in [0.15, 0.2) is 0 Å². The summed E-state index contributed by atoms with van der Waals surface area (Å²) in [5, 5.41) is 3.68. The van der Waals surface area contributed by atoms with Crippen LogP contribution in [0.2, 0.25) is 0 Å². The van der Waals surface area contributed by atoms with E-state index in [0.717, 1.165) is 13.1 Å². The van der Waals surface area contributed by atoms with Gasteiger partial charge in [0.25, 0.3) is 0 Å². The molecule has 0 aromatic heterocycles. The molecule has 82 valence electrons. The number of hydrogen-bond acceptors (Lipinski definition) is 3. The Morgan fingerprint density at radius 1 is 1.07 bits per heavy atom. The van der Waals surface area contributed by atoms with Crippen molar-refractivity contribution < 1.29 is 0 Å². The summed E-state index contributed by atoms with van der Waals surface area (Å²) in [6.45, 7) is 4.63. The number of benzene rings is 1. The van der Waals surface area contributed by atoms with E-state index in [2.05, 4.69) is 59.5 Å². The van der Waals surface area contributed by atoms with E-state index in [1.165, 1.54) is 5.69 Å². The molecule has 0 radical (unpaired) electrons. The molecule has 1 aliphatic rings. The molecule has 1 N–H and O–H groups in total. The maximum Gasteiger partial charge on any atom is 0.243 e. The summed E-state index contributed by atoms with van der Waals surface area (Å²) in [6, 6.07) is 10.5. The smallest absolute Gasteiger partial charge is 0.229 e. The lowest BCUT2D eigenvalue weighted by Gasteiger charge is -2.29. The molecule has 0 amide bonds. The molecule has 1 saturated heterocycles. The molecule has 15 heavy (non-hydrogen) atoms. The van der Waals surface area contributed by atoms with Gasteiger partial charge in [-0.05, 0) is 12.1 Å². The van der Waals surface area contributed by atoms with Crippen molar-refractivity contribution in [1.82, 2.24) is 9.34 Å². The minimum atomic E-state index is -1.31. The van der Waals surface area contributed by atoms with Crippen molar-refractivity contribution in [3.8, 4) is 0 Å². The van der Waals surface area contributed by atoms with E-state index in [9.17, 15) is 0 Å². The summed E-state index contributed by atoms with van der Waals surface area (Å²) in [6.07, 6.45) is 0. The second-order valence-electron chi connectivity index (χ2n) is 4.15. The number of rotatable bonds is 2. The van der Waals surface area contributed by atoms with Gasteiger partial charge in [-0.1, -0.05) is 18.2 Å². The highest BCUT2D eigenvalue weighted by molar-refractivity contribution is 7.72. The van der Waals surface area contributed by atoms with Crippen molar-refractivity contribution in [3.05, 3.63) is 30.3 Å². The summed E-state index contributed by atoms with van der Waals surface area (Å²) in [5.74, 6) is 0. The van der Waals surface area contributed by atoms with E-state index >= 15 is 0 Å². The fourth-order valence-electron chi connectivity index (χ4n) is 1.87. The highest BCUT2D eigenvalue weighted by atomic mass is 31.2. The van der Waals surface area contributed by atoms with Gasteiger partial charge in [0, 0.05) is 14.1 Å². The normalized spacial score (nSPS) is 21.8. The molecule has 2 rings (SSSR count). The van der Waals surface area contributed by atoms with E-state index in [0.29, 0.717) is 0 Å². The van der Waals surface area contributed by atoms with Crippen LogP contribution in [0.25, 0.3) is 0 Å². The molecule has 0 atom stereocenters. The third kappa shape index (κ3) is 2.00. The molecular weight excluding hydrogens is 205 g/mol. The third-order valence-electron chi connectivity index (χ3n) is 3.19. The van der Waals surface area contributed by atoms with Crippen LogP contribution in [-0.2, 0) is 0 Å². The standard InChI is InChI=1S/C11H19N3P/c1-13-9-10-14(2)15(13,3)12-11-7-5-4-6-8-11/h4-8,12H,9-10H2,1-3H3/q+1. The molecule has 0 spiro atoms. The lowest BCUT2D eigenvalue weighted by molar-refractivity contribution is 0.553. The fraction of sp³-hybridized carbons (Fsp3) is 0.455. The monoisotopic (exact) mass is 224 g/mol. The van der Waals surface area contributed by atoms with Crippen molar-refractivity contribution in [2.24, 2.45) is 0 Å². The van der Waals surface area contributed by atoms with Gasteiger partial charge in [0.05, 0.1) is 18.8 Å². The van der Waals surface area contributed by atoms with Crippen molar-refractivity contribution in [2.45, 2.75) is 0 Å². The topological polar surface area (TPSA) is 18.5 Å². The first-order chi connectivity index (χ1) is 7.13. The first-order valence-electron chi connectivity index (χ1n) is 5.26. The van der Waals surface area contributed by atoms with Crippen LogP contribution in [0.5, 0.6) is 0 Å². The Labute approximate surface area is 92.6 Å². The molecule has 0 bridgehead atoms. The van der Waals surface area contributed by atoms with Crippen LogP contribution in [0.4, 0.5) is 5.69 Å². The van der Waals surface area contributed by atoms with E-state index < -0.39 is 7.71 Å². The highest BCUT2D eigenvalue weighted by Crippen LogP contribution is 2.62. The van der Waals surface area contributed by atoms with Gasteiger partial charge < -0.3 is 0 Å². The van der Waals surface area contributed by atoms with Gasteiger partial charge >= 0.3 is 0 Å². The highest BCUT2D eigenvalue weighted by Gasteiger charge is 2.47. The summed E-state index contributed by atoms with van der Waals surface area (Å²) in [7, 11) is 3.10. The molecule has 1 aromatic carbocycles. The van der Waals surface area contributed by atoms with Gasteiger partial charge in [-0.15, -0.1) is 9.34 Å². The zero-order chi connectivity index (χ0) is 10.9. The molecule has 4 heteroatoms. The summed E-state index contributed by atoms with van der Waals surface area (Å²) in [4.78, 5) is 0. The third-order valence-corrected chi connectivity index (χ3v) is 6.93. The molecule has 1 heterocycles. The van der Waals surface area contributed by atoms with Crippen LogP contribution in [0.15, 0.2) is 30.3 Å². The van der Waals surface area contributed by atoms with E-state index in [-0.39, 0.29) is 0 Å². The average molecular weight is 224 g/mol. The van der Waals surface area contributed by atoms with Crippen molar-refractivity contribution in [2.75, 3.05) is 38.9 Å². The number of para-hydroxylation sites is 1. The van der Waals surface area contributed by atoms with E-state index in [1.54, 1.807) is 0 Å². The second kappa shape index (κ2) is 4.09. The lowest BCUT2D eigenvalue weighted by Crippen LogP contribution is -2.24. The predicted octanol–water partition coefficient (Wildman–Crippen LogP) is 2.37. The Hall–Kier alpha value is -0.630. The zero-order valence-electron chi connectivity index (χ0n) is 9.64. The van der Waals surface area contributed by atoms with Crippen molar-refractivity contribution in [1.29, 1.82) is 0 Å². The number of nitrogens with one attached hydrogen (secondary N) is 1. The first-order valence-corrected chi connectivity index (χ1v) is 7.40. The van der Waals surface area contributed by atoms with E-state index in [1.807, 2.05) is 6.07 Å². The van der Waals surface area contributed by atoms with Gasteiger partial charge in [-0.2, -0.15) is 0 Å². The Balaban J connectivity index is 2.17. The van der Waals surface area contributed by atoms with Crippen LogP contribution < -0.4 is 5.09 Å². The molecule has 1 aromatic rings. The van der Waals surface area contributed by atoms with Crippen LogP contribution >= 0.6 is 7.71 Å². The minimum Gasteiger partial charge on any atom is -0.229 e. The molecule has 0 unspecified atom stereocenters. The van der Waals surface area contributed by atoms with Gasteiger partial charge in [0.1, 0.15) is 6.66 Å². The molecule has 1 aliphatic heterocycles. The van der Waals surface area contributed by atoms with Crippen LogP contribution in [0.3, 0.4) is 0 Å². The summed E-state index contributed by atoms with van der Waals surface area (Å²) >= 11 is 0. The Bertz CT molecular complexity index is 318. The quantitative estimate of drug-likeness (QED) is 0.778. The van der Waals surface area contributed by atoms with Crippen LogP contribution in [-0.4, -0.2) is 43.2 Å². The summed E-state index contributed by atoms with van der Waals surface area (Å²) < 4.78 is 4.89. The zero-order valence-corrected chi connectivity index (χ0v) is 10.5. The van der Waals surface area contributed by atoms with Gasteiger partial charge in [-0.25, -0.2) is 5.09 Å². The average Bonchev–Trinajstić information content (AvgIpc) is 2.48. The molecule has 0 aliphatic carbocycles. The predicted molar refractivity (Wildman–Crippen MR) is 68.2 cm³/mol. The summed E-state index contributed by atoms with van der Waals surface area (Å²) in [5.41, 5.74) is 1.22. The Kier molecular flexibility index (Phi) is 2.96. The van der Waals surface area contributed by atoms with Crippen molar-refractivity contribution >= 4 is 13.4 Å². The van der Waals surface area contributed by atoms with Crippen LogP contribution in [0, 0.1) is 0 Å². The largest absolute Gasteiger partial charge is 0.243 e. The maximum absolute atomic E-state index is 3.68. The number of likely N-dealkylation sites (N-methyl/N-ethyl adjacent to an activating group) is 2. The Morgan fingerprint density at radius 2 is 1.60 bits per heavy atom. The number of anilines is 1. The molecule has 0 saturated carbocycles. The number of hydrogen-bond donors (Lipinski definition) is 1. The Morgan fingerprint density at radius 3 is 2.13 bits per heavy atom. The minimum absolute atomic E-state index is 1.15. The van der Waals surface area contributed by atoms with Gasteiger partial charge in [-0.3, -0.25) is 0 Å². The fourth-order valence-corrected chi connectivity index (χ4v) is 4.33. The maximum atomic E-state index is 3.68. The van der Waals surface area contributed by atoms with Gasteiger partial charge in [0.2, 0.25) is 7.71 Å². The number of nitrogens with zero attached hydrogens (tertiary/aromatic N) is 2. The van der Waals surface area contributed by atoms with E-state index in [4.69, 9.17) is 0 Å². The molecule has 3 nitrogen and oxygen atoms in total. The molecular formula is C11H19N3P+.